The molecule has 2 nitrogen and oxygen atoms in total. The number of halogens is 1. The van der Waals surface area contributed by atoms with Gasteiger partial charge in [0, 0.05) is 12.7 Å². The Kier molecular flexibility index (Phi) is 3.19. The number of rotatable bonds is 2. The van der Waals surface area contributed by atoms with Gasteiger partial charge in [-0.25, -0.2) is 4.39 Å². The second-order valence-corrected chi connectivity index (χ2v) is 3.68. The summed E-state index contributed by atoms with van der Waals surface area (Å²) < 4.78 is 13.5. The van der Waals surface area contributed by atoms with E-state index >= 15 is 0 Å². The van der Waals surface area contributed by atoms with Gasteiger partial charge in [-0.3, -0.25) is 4.79 Å². The molecule has 17 heavy (non-hydrogen) atoms. The van der Waals surface area contributed by atoms with E-state index in [0.29, 0.717) is 0 Å². The number of para-hydroxylation sites is 1. The number of hydrogen-bond acceptors (Lipinski definition) is 1. The molecule has 0 heterocycles. The third-order valence-electron chi connectivity index (χ3n) is 2.55. The molecule has 0 bridgehead atoms. The smallest absolute Gasteiger partial charge is 0.260 e. The molecule has 0 unspecified atom stereocenters. The van der Waals surface area contributed by atoms with E-state index in [4.69, 9.17) is 0 Å². The lowest BCUT2D eigenvalue weighted by molar-refractivity contribution is 0.0989. The van der Waals surface area contributed by atoms with Crippen LogP contribution in [0.1, 0.15) is 10.4 Å². The van der Waals surface area contributed by atoms with E-state index in [9.17, 15) is 9.18 Å². The molecule has 0 aliphatic carbocycles. The van der Waals surface area contributed by atoms with Crippen LogP contribution >= 0.6 is 0 Å². The molecule has 0 spiro atoms. The molecule has 86 valence electrons. The summed E-state index contributed by atoms with van der Waals surface area (Å²) in [5.41, 5.74) is 0.819. The highest BCUT2D eigenvalue weighted by Crippen LogP contribution is 2.16. The van der Waals surface area contributed by atoms with Crippen LogP contribution in [-0.2, 0) is 0 Å². The maximum absolute atomic E-state index is 13.5. The summed E-state index contributed by atoms with van der Waals surface area (Å²) in [6.45, 7) is 0. The van der Waals surface area contributed by atoms with Gasteiger partial charge in [-0.05, 0) is 24.3 Å². The first-order chi connectivity index (χ1) is 8.20. The van der Waals surface area contributed by atoms with Crippen LogP contribution in [0.25, 0.3) is 0 Å². The van der Waals surface area contributed by atoms with Gasteiger partial charge in [0.1, 0.15) is 5.82 Å². The van der Waals surface area contributed by atoms with Crippen LogP contribution in [0.5, 0.6) is 0 Å². The quantitative estimate of drug-likeness (QED) is 0.774. The lowest BCUT2D eigenvalue weighted by atomic mass is 10.2. The molecule has 0 aliphatic rings. The maximum atomic E-state index is 13.5. The van der Waals surface area contributed by atoms with Gasteiger partial charge in [-0.2, -0.15) is 0 Å². The molecule has 0 fully saturated rings. The van der Waals surface area contributed by atoms with E-state index in [1.165, 1.54) is 17.0 Å². The average molecular weight is 229 g/mol. The molecule has 0 atom stereocenters. The number of hydrogen-bond donors (Lipinski definition) is 0. The van der Waals surface area contributed by atoms with Crippen molar-refractivity contribution < 1.29 is 9.18 Å². The van der Waals surface area contributed by atoms with Crippen molar-refractivity contribution in [1.82, 2.24) is 0 Å². The predicted molar refractivity (Wildman–Crippen MR) is 65.6 cm³/mol. The lowest BCUT2D eigenvalue weighted by Crippen LogP contribution is -2.26. The number of carbonyl (C=O) groups excluding carboxylic acids is 1. The van der Waals surface area contributed by atoms with E-state index in [1.807, 2.05) is 18.2 Å². The minimum atomic E-state index is -0.500. The second kappa shape index (κ2) is 4.78. The lowest BCUT2D eigenvalue weighted by Gasteiger charge is -2.17. The summed E-state index contributed by atoms with van der Waals surface area (Å²) >= 11 is 0. The Bertz CT molecular complexity index is 525. The highest BCUT2D eigenvalue weighted by Gasteiger charge is 2.16. The van der Waals surface area contributed by atoms with Crippen molar-refractivity contribution in [2.45, 2.75) is 0 Å². The zero-order valence-electron chi connectivity index (χ0n) is 9.43. The van der Waals surface area contributed by atoms with Crippen LogP contribution in [0.4, 0.5) is 10.1 Å². The van der Waals surface area contributed by atoms with Gasteiger partial charge in [-0.15, -0.1) is 0 Å². The molecule has 0 aromatic heterocycles. The van der Waals surface area contributed by atoms with Crippen molar-refractivity contribution in [3.63, 3.8) is 0 Å². The monoisotopic (exact) mass is 229 g/mol. The molecule has 2 rings (SSSR count). The minimum absolute atomic E-state index is 0.0823. The van der Waals surface area contributed by atoms with E-state index in [1.54, 1.807) is 31.3 Å². The van der Waals surface area contributed by atoms with E-state index in [-0.39, 0.29) is 11.5 Å². The van der Waals surface area contributed by atoms with Crippen LogP contribution < -0.4 is 4.90 Å². The van der Waals surface area contributed by atoms with Gasteiger partial charge in [0.25, 0.3) is 5.91 Å². The topological polar surface area (TPSA) is 20.3 Å². The minimum Gasteiger partial charge on any atom is -0.311 e. The summed E-state index contributed by atoms with van der Waals surface area (Å²) in [6, 6.07) is 15.1. The fourth-order valence-corrected chi connectivity index (χ4v) is 1.58. The van der Waals surface area contributed by atoms with E-state index in [2.05, 4.69) is 0 Å². The summed E-state index contributed by atoms with van der Waals surface area (Å²) in [5, 5.41) is 0. The molecule has 2 aromatic rings. The van der Waals surface area contributed by atoms with Crippen molar-refractivity contribution in [3.05, 3.63) is 66.0 Å². The summed E-state index contributed by atoms with van der Waals surface area (Å²) in [6.07, 6.45) is 0. The highest BCUT2D eigenvalue weighted by molar-refractivity contribution is 6.05. The highest BCUT2D eigenvalue weighted by atomic mass is 19.1. The van der Waals surface area contributed by atoms with Crippen LogP contribution in [0.2, 0.25) is 0 Å². The molecule has 0 saturated carbocycles. The fraction of sp³-hybridized carbons (Fsp3) is 0.0714. The van der Waals surface area contributed by atoms with Crippen molar-refractivity contribution in [2.75, 3.05) is 11.9 Å². The Hall–Kier alpha value is -2.16. The first kappa shape index (κ1) is 11.3. The Balaban J connectivity index is 2.30. The Morgan fingerprint density at radius 2 is 1.59 bits per heavy atom. The normalized spacial score (nSPS) is 10.0. The molecule has 3 heteroatoms. The van der Waals surface area contributed by atoms with Gasteiger partial charge in [-0.1, -0.05) is 30.3 Å². The molecule has 0 radical (unpaired) electrons. The Labute approximate surface area is 99.3 Å². The predicted octanol–water partition coefficient (Wildman–Crippen LogP) is 3.10. The van der Waals surface area contributed by atoms with Crippen molar-refractivity contribution in [1.29, 1.82) is 0 Å². The summed E-state index contributed by atoms with van der Waals surface area (Å²) in [4.78, 5) is 13.5. The zero-order valence-corrected chi connectivity index (χ0v) is 9.43. The number of amides is 1. The standard InChI is InChI=1S/C14H12FNO/c1-16(11-7-3-2-4-8-11)14(17)12-9-5-6-10-13(12)15/h2-10H,1H3. The average Bonchev–Trinajstić information content (AvgIpc) is 2.39. The van der Waals surface area contributed by atoms with Gasteiger partial charge in [0.15, 0.2) is 0 Å². The van der Waals surface area contributed by atoms with Crippen LogP contribution in [-0.4, -0.2) is 13.0 Å². The zero-order chi connectivity index (χ0) is 12.3. The van der Waals surface area contributed by atoms with Gasteiger partial charge in [0.2, 0.25) is 0 Å². The van der Waals surface area contributed by atoms with Crippen LogP contribution in [0.3, 0.4) is 0 Å². The van der Waals surface area contributed by atoms with E-state index < -0.39 is 5.82 Å². The molecule has 0 N–H and O–H groups in total. The van der Waals surface area contributed by atoms with Gasteiger partial charge < -0.3 is 4.90 Å². The van der Waals surface area contributed by atoms with Crippen molar-refractivity contribution in [3.8, 4) is 0 Å². The number of anilines is 1. The van der Waals surface area contributed by atoms with E-state index in [0.717, 1.165) is 5.69 Å². The summed E-state index contributed by atoms with van der Waals surface area (Å²) in [5.74, 6) is -0.852. The Morgan fingerprint density at radius 1 is 1.00 bits per heavy atom. The number of benzene rings is 2. The van der Waals surface area contributed by atoms with Crippen LogP contribution in [0.15, 0.2) is 54.6 Å². The van der Waals surface area contributed by atoms with Crippen LogP contribution in [0, 0.1) is 5.82 Å². The molecular weight excluding hydrogens is 217 g/mol. The molecule has 0 aliphatic heterocycles. The largest absolute Gasteiger partial charge is 0.311 e. The number of nitrogens with zero attached hydrogens (tertiary/aromatic N) is 1. The molecular formula is C14H12FNO. The van der Waals surface area contributed by atoms with Crippen molar-refractivity contribution in [2.24, 2.45) is 0 Å². The molecule has 2 aromatic carbocycles. The third kappa shape index (κ3) is 2.33. The summed E-state index contributed by atoms with van der Waals surface area (Å²) in [7, 11) is 1.63. The fourth-order valence-electron chi connectivity index (χ4n) is 1.58. The van der Waals surface area contributed by atoms with Gasteiger partial charge in [0.05, 0.1) is 5.56 Å². The number of carbonyl (C=O) groups is 1. The first-order valence-corrected chi connectivity index (χ1v) is 5.28. The Morgan fingerprint density at radius 3 is 2.24 bits per heavy atom. The van der Waals surface area contributed by atoms with Gasteiger partial charge >= 0.3 is 0 Å². The second-order valence-electron chi connectivity index (χ2n) is 3.68. The third-order valence-corrected chi connectivity index (χ3v) is 2.55. The SMILES string of the molecule is CN(C(=O)c1ccccc1F)c1ccccc1. The molecule has 1 amide bonds. The molecule has 0 saturated heterocycles. The maximum Gasteiger partial charge on any atom is 0.260 e. The first-order valence-electron chi connectivity index (χ1n) is 5.28. The van der Waals surface area contributed by atoms with Crippen molar-refractivity contribution >= 4 is 11.6 Å².